The van der Waals surface area contributed by atoms with Gasteiger partial charge in [-0.25, -0.2) is 0 Å². The Morgan fingerprint density at radius 3 is 0.414 bits per heavy atom. The molecule has 346 valence electrons. The molecule has 0 atom stereocenters. The van der Waals surface area contributed by atoms with Crippen molar-refractivity contribution in [2.45, 2.75) is 334 Å². The number of unbranched alkanes of at least 4 members (excludes halogenated alkanes) is 49. The minimum atomic E-state index is -0.648. The number of carboxylic acids is 1. The molecule has 58 heavy (non-hydrogen) atoms. The van der Waals surface area contributed by atoms with Crippen LogP contribution in [0.2, 0.25) is 0 Å². The molecule has 4 nitrogen and oxygen atoms in total. The molecule has 0 spiro atoms. The molecule has 0 fully saturated rings. The summed E-state index contributed by atoms with van der Waals surface area (Å²) >= 11 is 0. The molecule has 0 aliphatic carbocycles. The number of carbonyl (C=O) groups excluding carboxylic acids is 1. The predicted octanol–water partition coefficient (Wildman–Crippen LogP) is 18.8. The number of aliphatic carboxylic acids is 1. The first-order chi connectivity index (χ1) is 28.6. The molecule has 0 aromatic rings. The number of carboxylic acid groups (broad SMARTS) is 1. The highest BCUT2D eigenvalue weighted by Crippen LogP contribution is 2.19. The van der Waals surface area contributed by atoms with Crippen molar-refractivity contribution in [3.8, 4) is 0 Å². The van der Waals surface area contributed by atoms with E-state index in [0.717, 1.165) is 19.3 Å². The average Bonchev–Trinajstić information content (AvgIpc) is 3.21. The fourth-order valence-corrected chi connectivity index (χ4v) is 9.06. The highest BCUT2D eigenvalue weighted by molar-refractivity contribution is 5.73. The lowest BCUT2D eigenvalue weighted by atomic mass is 10.0. The van der Waals surface area contributed by atoms with Gasteiger partial charge in [-0.1, -0.05) is 308 Å². The van der Waals surface area contributed by atoms with E-state index < -0.39 is 5.97 Å². The number of carbonyl (C=O) groups is 2. The third-order valence-corrected chi connectivity index (χ3v) is 13.1. The van der Waals surface area contributed by atoms with Crippen molar-refractivity contribution < 1.29 is 14.7 Å². The Morgan fingerprint density at radius 1 is 0.207 bits per heavy atom. The second-order valence-electron chi connectivity index (χ2n) is 19.0. The molecular weight excluding hydrogens is 711 g/mol. The Labute approximate surface area is 365 Å². The van der Waals surface area contributed by atoms with Gasteiger partial charge in [0.05, 0.1) is 0 Å². The summed E-state index contributed by atoms with van der Waals surface area (Å²) in [6.07, 6.45) is 71.0. The molecule has 4 heteroatoms. The molecular formula is C54H107NO3. The summed E-state index contributed by atoms with van der Waals surface area (Å²) < 4.78 is 0. The SMILES string of the molecule is NC(=O)CCCCCCCCCCCCCCCCCCCCCCCCCCCCCCCCCCCCCCCCCCCCCCCCCCCCC(=O)O. The van der Waals surface area contributed by atoms with Gasteiger partial charge in [0.15, 0.2) is 0 Å². The zero-order chi connectivity index (χ0) is 41.9. The van der Waals surface area contributed by atoms with E-state index in [9.17, 15) is 9.59 Å². The summed E-state index contributed by atoms with van der Waals surface area (Å²) in [4.78, 5) is 21.3. The van der Waals surface area contributed by atoms with Gasteiger partial charge in [0, 0.05) is 12.8 Å². The van der Waals surface area contributed by atoms with Crippen molar-refractivity contribution in [1.29, 1.82) is 0 Å². The van der Waals surface area contributed by atoms with Crippen molar-refractivity contribution in [3.63, 3.8) is 0 Å². The van der Waals surface area contributed by atoms with Crippen LogP contribution < -0.4 is 5.73 Å². The van der Waals surface area contributed by atoms with Crippen LogP contribution in [0, 0.1) is 0 Å². The molecule has 0 aromatic carbocycles. The molecule has 0 saturated heterocycles. The molecule has 0 unspecified atom stereocenters. The third-order valence-electron chi connectivity index (χ3n) is 13.1. The van der Waals surface area contributed by atoms with E-state index in [4.69, 9.17) is 10.8 Å². The topological polar surface area (TPSA) is 80.4 Å². The molecule has 0 saturated carbocycles. The number of amides is 1. The lowest BCUT2D eigenvalue weighted by molar-refractivity contribution is -0.137. The smallest absolute Gasteiger partial charge is 0.303 e. The standard InChI is InChI=1S/C54H107NO3/c55-53(56)51-49-47-45-43-41-39-37-35-33-31-29-27-25-23-21-19-17-15-13-11-9-7-5-3-1-2-4-6-8-10-12-14-16-18-20-22-24-26-28-30-32-34-36-38-40-42-44-46-48-50-52-54(57)58/h1-52H2,(H2,55,56)(H,57,58). The highest BCUT2D eigenvalue weighted by Gasteiger charge is 2.00. The van der Waals surface area contributed by atoms with Crippen LogP contribution in [0.25, 0.3) is 0 Å². The summed E-state index contributed by atoms with van der Waals surface area (Å²) in [6, 6.07) is 0. The lowest BCUT2D eigenvalue weighted by Crippen LogP contribution is -2.09. The van der Waals surface area contributed by atoms with E-state index in [-0.39, 0.29) is 5.91 Å². The maximum absolute atomic E-state index is 10.7. The van der Waals surface area contributed by atoms with E-state index in [1.807, 2.05) is 0 Å². The lowest BCUT2D eigenvalue weighted by Gasteiger charge is -2.05. The molecule has 0 rings (SSSR count). The number of hydrogen-bond donors (Lipinski definition) is 2. The predicted molar refractivity (Wildman–Crippen MR) is 257 cm³/mol. The van der Waals surface area contributed by atoms with Gasteiger partial charge >= 0.3 is 5.97 Å². The quantitative estimate of drug-likeness (QED) is 0.0600. The molecule has 0 aromatic heterocycles. The van der Waals surface area contributed by atoms with Crippen molar-refractivity contribution in [2.24, 2.45) is 5.73 Å². The van der Waals surface area contributed by atoms with Crippen LogP contribution in [-0.2, 0) is 9.59 Å². The number of primary amides is 1. The van der Waals surface area contributed by atoms with Crippen LogP contribution in [0.4, 0.5) is 0 Å². The van der Waals surface area contributed by atoms with Crippen molar-refractivity contribution in [2.75, 3.05) is 0 Å². The normalized spacial score (nSPS) is 11.5. The Morgan fingerprint density at radius 2 is 0.310 bits per heavy atom. The summed E-state index contributed by atoms with van der Waals surface area (Å²) in [6.45, 7) is 0. The van der Waals surface area contributed by atoms with Crippen LogP contribution >= 0.6 is 0 Å². The van der Waals surface area contributed by atoms with Gasteiger partial charge in [-0.3, -0.25) is 9.59 Å². The van der Waals surface area contributed by atoms with E-state index in [0.29, 0.717) is 12.8 Å². The molecule has 0 radical (unpaired) electrons. The van der Waals surface area contributed by atoms with Gasteiger partial charge in [-0.15, -0.1) is 0 Å². The monoisotopic (exact) mass is 818 g/mol. The second kappa shape index (κ2) is 52.1. The van der Waals surface area contributed by atoms with E-state index in [1.54, 1.807) is 0 Å². The molecule has 0 bridgehead atoms. The fourth-order valence-electron chi connectivity index (χ4n) is 9.06. The number of rotatable bonds is 53. The fraction of sp³-hybridized carbons (Fsp3) is 0.963. The molecule has 3 N–H and O–H groups in total. The third kappa shape index (κ3) is 54.9. The minimum Gasteiger partial charge on any atom is -0.481 e. The maximum Gasteiger partial charge on any atom is 0.303 e. The van der Waals surface area contributed by atoms with Gasteiger partial charge in [-0.2, -0.15) is 0 Å². The highest BCUT2D eigenvalue weighted by atomic mass is 16.4. The Bertz CT molecular complexity index is 720. The Balaban J connectivity index is 3.07. The van der Waals surface area contributed by atoms with Crippen molar-refractivity contribution in [1.82, 2.24) is 0 Å². The largest absolute Gasteiger partial charge is 0.481 e. The summed E-state index contributed by atoms with van der Waals surface area (Å²) in [7, 11) is 0. The van der Waals surface area contributed by atoms with Crippen molar-refractivity contribution in [3.05, 3.63) is 0 Å². The Hall–Kier alpha value is -1.06. The van der Waals surface area contributed by atoms with Gasteiger partial charge in [0.25, 0.3) is 0 Å². The summed E-state index contributed by atoms with van der Waals surface area (Å²) in [5.41, 5.74) is 5.19. The van der Waals surface area contributed by atoms with Crippen LogP contribution in [0.3, 0.4) is 0 Å². The van der Waals surface area contributed by atoms with Gasteiger partial charge in [-0.05, 0) is 12.8 Å². The average molecular weight is 818 g/mol. The molecule has 0 aliphatic rings. The Kier molecular flexibility index (Phi) is 51.1. The van der Waals surface area contributed by atoms with Gasteiger partial charge in [0.2, 0.25) is 5.91 Å². The van der Waals surface area contributed by atoms with E-state index in [1.165, 1.54) is 302 Å². The first-order valence-corrected chi connectivity index (χ1v) is 27.1. The van der Waals surface area contributed by atoms with E-state index >= 15 is 0 Å². The van der Waals surface area contributed by atoms with Gasteiger partial charge < -0.3 is 10.8 Å². The summed E-state index contributed by atoms with van der Waals surface area (Å²) in [5, 5.41) is 8.67. The van der Waals surface area contributed by atoms with E-state index in [2.05, 4.69) is 0 Å². The first kappa shape index (κ1) is 56.9. The summed E-state index contributed by atoms with van der Waals surface area (Å²) in [5.74, 6) is -0.797. The number of hydrogen-bond acceptors (Lipinski definition) is 2. The minimum absolute atomic E-state index is 0.149. The van der Waals surface area contributed by atoms with Crippen LogP contribution in [-0.4, -0.2) is 17.0 Å². The van der Waals surface area contributed by atoms with Crippen LogP contribution in [0.15, 0.2) is 0 Å². The molecule has 0 aliphatic heterocycles. The van der Waals surface area contributed by atoms with Crippen LogP contribution in [0.5, 0.6) is 0 Å². The zero-order valence-corrected chi connectivity index (χ0v) is 39.6. The van der Waals surface area contributed by atoms with Crippen LogP contribution in [0.1, 0.15) is 334 Å². The first-order valence-electron chi connectivity index (χ1n) is 27.1. The van der Waals surface area contributed by atoms with Gasteiger partial charge in [0.1, 0.15) is 0 Å². The zero-order valence-electron chi connectivity index (χ0n) is 39.6. The number of nitrogens with two attached hydrogens (primary N) is 1. The van der Waals surface area contributed by atoms with Crippen molar-refractivity contribution >= 4 is 11.9 Å². The second-order valence-corrected chi connectivity index (χ2v) is 19.0. The molecule has 0 heterocycles. The maximum atomic E-state index is 10.7. The molecule has 1 amide bonds.